The molecule has 2 aliphatic heterocycles. The molecule has 0 saturated carbocycles. The molecular weight excluding hydrogens is 306 g/mol. The minimum absolute atomic E-state index is 0.00839. The zero-order chi connectivity index (χ0) is 17.4. The summed E-state index contributed by atoms with van der Waals surface area (Å²) in [6.45, 7) is 6.42. The fourth-order valence-corrected chi connectivity index (χ4v) is 3.64. The third kappa shape index (κ3) is 5.21. The lowest BCUT2D eigenvalue weighted by Crippen LogP contribution is -2.41. The molecule has 1 saturated heterocycles. The molecule has 0 aromatic carbocycles. The second kappa shape index (κ2) is 10.0. The van der Waals surface area contributed by atoms with E-state index >= 15 is 0 Å². The van der Waals surface area contributed by atoms with Crippen molar-refractivity contribution in [2.24, 2.45) is 11.8 Å². The average molecular weight is 339 g/mol. The number of likely N-dealkylation sites (tertiary alicyclic amines) is 1. The zero-order valence-electron chi connectivity index (χ0n) is 15.2. The molecule has 0 bridgehead atoms. The highest BCUT2D eigenvalue weighted by Gasteiger charge is 2.35. The Morgan fingerprint density at radius 1 is 1.29 bits per heavy atom. The van der Waals surface area contributed by atoms with Crippen molar-refractivity contribution in [1.82, 2.24) is 4.90 Å². The van der Waals surface area contributed by atoms with Gasteiger partial charge in [-0.1, -0.05) is 26.2 Å². The standard InChI is InChI=1S/C19H33NO4/c1-3-23-19-16(10-9-13-21)15(2)14-17(24-19)18(22)20-11-7-5-4-6-8-12-20/h14-16,19,21H,3-13H2,1-2H3/t15-,16+,19+/m1/s1. The van der Waals surface area contributed by atoms with Crippen LogP contribution in [0.1, 0.15) is 58.8 Å². The molecule has 138 valence electrons. The SMILES string of the molecule is CCO[C@H]1OC(C(=O)N2CCCCCCC2)=C[C@@H](C)[C@@H]1CCCO. The van der Waals surface area contributed by atoms with E-state index in [1.165, 1.54) is 19.3 Å². The number of rotatable bonds is 6. The van der Waals surface area contributed by atoms with E-state index in [4.69, 9.17) is 14.6 Å². The van der Waals surface area contributed by atoms with Crippen LogP contribution in [-0.4, -0.2) is 48.5 Å². The first-order chi connectivity index (χ1) is 11.7. The highest BCUT2D eigenvalue weighted by Crippen LogP contribution is 2.33. The van der Waals surface area contributed by atoms with Crippen molar-refractivity contribution in [3.63, 3.8) is 0 Å². The van der Waals surface area contributed by atoms with Crippen LogP contribution in [-0.2, 0) is 14.3 Å². The number of hydrogen-bond donors (Lipinski definition) is 1. The molecule has 2 aliphatic rings. The Kier molecular flexibility index (Phi) is 8.06. The molecule has 5 heteroatoms. The van der Waals surface area contributed by atoms with Gasteiger partial charge in [0.25, 0.3) is 5.91 Å². The Morgan fingerprint density at radius 2 is 1.96 bits per heavy atom. The summed E-state index contributed by atoms with van der Waals surface area (Å²) >= 11 is 0. The molecule has 24 heavy (non-hydrogen) atoms. The topological polar surface area (TPSA) is 59.0 Å². The number of aliphatic hydroxyl groups is 1. The fourth-order valence-electron chi connectivity index (χ4n) is 3.64. The molecular formula is C19H33NO4. The number of ether oxygens (including phenoxy) is 2. The van der Waals surface area contributed by atoms with Crippen LogP contribution in [0.15, 0.2) is 11.8 Å². The van der Waals surface area contributed by atoms with E-state index in [0.717, 1.165) is 38.8 Å². The predicted molar refractivity (Wildman–Crippen MR) is 93.2 cm³/mol. The number of hydrogen-bond acceptors (Lipinski definition) is 4. The molecule has 0 aliphatic carbocycles. The van der Waals surface area contributed by atoms with Crippen molar-refractivity contribution in [3.05, 3.63) is 11.8 Å². The second-order valence-electron chi connectivity index (χ2n) is 6.92. The first-order valence-electron chi connectivity index (χ1n) is 9.57. The molecule has 1 N–H and O–H groups in total. The van der Waals surface area contributed by atoms with Crippen molar-refractivity contribution in [2.75, 3.05) is 26.3 Å². The maximum absolute atomic E-state index is 12.9. The third-order valence-corrected chi connectivity index (χ3v) is 5.06. The number of amides is 1. The maximum atomic E-state index is 12.9. The highest BCUT2D eigenvalue weighted by atomic mass is 16.7. The zero-order valence-corrected chi connectivity index (χ0v) is 15.2. The number of nitrogens with zero attached hydrogens (tertiary/aromatic N) is 1. The van der Waals surface area contributed by atoms with Crippen molar-refractivity contribution in [1.29, 1.82) is 0 Å². The normalized spacial score (nSPS) is 28.5. The van der Waals surface area contributed by atoms with Crippen molar-refractivity contribution < 1.29 is 19.4 Å². The van der Waals surface area contributed by atoms with Gasteiger partial charge in [-0.15, -0.1) is 0 Å². The molecule has 3 atom stereocenters. The van der Waals surface area contributed by atoms with Crippen LogP contribution in [0.2, 0.25) is 0 Å². The van der Waals surface area contributed by atoms with Gasteiger partial charge < -0.3 is 19.5 Å². The number of carbonyl (C=O) groups is 1. The minimum atomic E-state index is -0.393. The van der Waals surface area contributed by atoms with E-state index in [1.807, 2.05) is 17.9 Å². The summed E-state index contributed by atoms with van der Waals surface area (Å²) in [4.78, 5) is 14.8. The van der Waals surface area contributed by atoms with Gasteiger partial charge in [0.15, 0.2) is 5.76 Å². The van der Waals surface area contributed by atoms with Gasteiger partial charge in [0.1, 0.15) is 0 Å². The van der Waals surface area contributed by atoms with E-state index < -0.39 is 6.29 Å². The molecule has 0 unspecified atom stereocenters. The summed E-state index contributed by atoms with van der Waals surface area (Å²) in [6.07, 6.45) is 8.95. The lowest BCUT2D eigenvalue weighted by atomic mass is 9.86. The van der Waals surface area contributed by atoms with Gasteiger partial charge in [-0.3, -0.25) is 4.79 Å². The first-order valence-corrected chi connectivity index (χ1v) is 9.57. The molecule has 0 aromatic rings. The summed E-state index contributed by atoms with van der Waals surface area (Å²) in [5.41, 5.74) is 0. The number of aliphatic hydroxyl groups excluding tert-OH is 1. The second-order valence-corrected chi connectivity index (χ2v) is 6.92. The van der Waals surface area contributed by atoms with Crippen LogP contribution >= 0.6 is 0 Å². The van der Waals surface area contributed by atoms with Crippen LogP contribution < -0.4 is 0 Å². The van der Waals surface area contributed by atoms with Gasteiger partial charge in [0.2, 0.25) is 6.29 Å². The monoisotopic (exact) mass is 339 g/mol. The third-order valence-electron chi connectivity index (χ3n) is 5.06. The average Bonchev–Trinajstić information content (AvgIpc) is 2.53. The fraction of sp³-hybridized carbons (Fsp3) is 0.842. The first kappa shape index (κ1) is 19.3. The summed E-state index contributed by atoms with van der Waals surface area (Å²) in [5.74, 6) is 0.840. The smallest absolute Gasteiger partial charge is 0.288 e. The molecule has 2 heterocycles. The molecule has 0 radical (unpaired) electrons. The molecule has 1 fully saturated rings. The molecule has 5 nitrogen and oxygen atoms in total. The molecule has 1 amide bonds. The lowest BCUT2D eigenvalue weighted by Gasteiger charge is -2.36. The summed E-state index contributed by atoms with van der Waals surface area (Å²) in [6, 6.07) is 0. The van der Waals surface area contributed by atoms with Gasteiger partial charge in [0, 0.05) is 32.2 Å². The molecule has 2 rings (SSSR count). The van der Waals surface area contributed by atoms with Gasteiger partial charge in [0.05, 0.1) is 0 Å². The Morgan fingerprint density at radius 3 is 2.58 bits per heavy atom. The van der Waals surface area contributed by atoms with E-state index in [0.29, 0.717) is 12.4 Å². The summed E-state index contributed by atoms with van der Waals surface area (Å²) in [5, 5.41) is 9.10. The van der Waals surface area contributed by atoms with Crippen LogP contribution in [0.25, 0.3) is 0 Å². The van der Waals surface area contributed by atoms with Gasteiger partial charge in [-0.05, 0) is 44.6 Å². The van der Waals surface area contributed by atoms with Crippen molar-refractivity contribution in [2.45, 2.75) is 65.1 Å². The predicted octanol–water partition coefficient (Wildman–Crippen LogP) is 3.08. The Bertz CT molecular complexity index is 416. The van der Waals surface area contributed by atoms with E-state index in [2.05, 4.69) is 6.92 Å². The Balaban J connectivity index is 2.06. The number of carbonyl (C=O) groups excluding carboxylic acids is 1. The van der Waals surface area contributed by atoms with Crippen LogP contribution in [0.5, 0.6) is 0 Å². The van der Waals surface area contributed by atoms with Gasteiger partial charge in [-0.25, -0.2) is 0 Å². The van der Waals surface area contributed by atoms with Crippen LogP contribution in [0.3, 0.4) is 0 Å². The van der Waals surface area contributed by atoms with Crippen molar-refractivity contribution in [3.8, 4) is 0 Å². The Hall–Kier alpha value is -1.07. The minimum Gasteiger partial charge on any atom is -0.459 e. The largest absolute Gasteiger partial charge is 0.459 e. The van der Waals surface area contributed by atoms with Gasteiger partial charge >= 0.3 is 0 Å². The summed E-state index contributed by atoms with van der Waals surface area (Å²) in [7, 11) is 0. The van der Waals surface area contributed by atoms with Gasteiger partial charge in [-0.2, -0.15) is 0 Å². The van der Waals surface area contributed by atoms with Crippen LogP contribution in [0.4, 0.5) is 0 Å². The van der Waals surface area contributed by atoms with E-state index in [9.17, 15) is 4.79 Å². The van der Waals surface area contributed by atoms with E-state index in [1.54, 1.807) is 0 Å². The van der Waals surface area contributed by atoms with Crippen LogP contribution in [0, 0.1) is 11.8 Å². The summed E-state index contributed by atoms with van der Waals surface area (Å²) < 4.78 is 11.7. The Labute approximate surface area is 146 Å². The highest BCUT2D eigenvalue weighted by molar-refractivity contribution is 5.91. The molecule has 0 aromatic heterocycles. The lowest BCUT2D eigenvalue weighted by molar-refractivity contribution is -0.174. The van der Waals surface area contributed by atoms with Crippen molar-refractivity contribution >= 4 is 5.91 Å². The maximum Gasteiger partial charge on any atom is 0.288 e. The number of allylic oxidation sites excluding steroid dienone is 1. The van der Waals surface area contributed by atoms with E-state index in [-0.39, 0.29) is 24.3 Å². The quantitative estimate of drug-likeness (QED) is 0.808. The molecule has 0 spiro atoms.